The van der Waals surface area contributed by atoms with Crippen LogP contribution in [0.15, 0.2) is 36.5 Å². The van der Waals surface area contributed by atoms with Crippen LogP contribution in [0.1, 0.15) is 28.9 Å². The van der Waals surface area contributed by atoms with E-state index in [0.29, 0.717) is 15.1 Å². The fraction of sp³-hybridized carbons (Fsp3) is 0.263. The minimum absolute atomic E-state index is 0.0687. The lowest BCUT2D eigenvalue weighted by molar-refractivity contribution is -0.151. The number of aromatic nitrogens is 1. The molecule has 0 saturated heterocycles. The molecule has 2 rings (SSSR count). The van der Waals surface area contributed by atoms with E-state index in [2.05, 4.69) is 4.98 Å². The number of carbonyl (C=O) groups is 3. The highest BCUT2D eigenvalue weighted by molar-refractivity contribution is 6.42. The Morgan fingerprint density at radius 1 is 1.04 bits per heavy atom. The quantitative estimate of drug-likeness (QED) is 0.451. The molecule has 0 N–H and O–H groups in total. The number of hydrogen-bond donors (Lipinski definition) is 0. The zero-order valence-electron chi connectivity index (χ0n) is 15.0. The number of pyridine rings is 1. The molecule has 0 aliphatic rings. The molecule has 148 valence electrons. The van der Waals surface area contributed by atoms with Crippen molar-refractivity contribution in [1.82, 2.24) is 9.88 Å². The van der Waals surface area contributed by atoms with E-state index in [0.717, 1.165) is 5.56 Å². The first kappa shape index (κ1) is 22.1. The summed E-state index contributed by atoms with van der Waals surface area (Å²) in [4.78, 5) is 41.1. The predicted molar refractivity (Wildman–Crippen MR) is 107 cm³/mol. The van der Waals surface area contributed by atoms with E-state index in [1.807, 2.05) is 0 Å². The van der Waals surface area contributed by atoms with Crippen LogP contribution >= 0.6 is 34.8 Å². The zero-order valence-corrected chi connectivity index (χ0v) is 17.2. The van der Waals surface area contributed by atoms with Gasteiger partial charge < -0.3 is 9.64 Å². The standard InChI is InChI=1S/C19H17Cl3N2O4/c1-24(10-12-2-4-14(21)15(22)8-12)18(26)11-28-19(27)7-6-17(25)16-5-3-13(20)9-23-16/h2-5,8-9H,6-7,10-11H2,1H3. The molecule has 1 amide bonds. The first-order valence-electron chi connectivity index (χ1n) is 8.24. The molecule has 1 heterocycles. The molecule has 1 aromatic heterocycles. The van der Waals surface area contributed by atoms with Gasteiger partial charge in [-0.05, 0) is 29.8 Å². The van der Waals surface area contributed by atoms with Crippen LogP contribution in [0.4, 0.5) is 0 Å². The molecule has 1 aromatic carbocycles. The van der Waals surface area contributed by atoms with Crippen LogP contribution in [0.2, 0.25) is 15.1 Å². The fourth-order valence-corrected chi connectivity index (χ4v) is 2.64. The number of amides is 1. The van der Waals surface area contributed by atoms with Gasteiger partial charge in [-0.1, -0.05) is 40.9 Å². The Hall–Kier alpha value is -2.15. The number of carbonyl (C=O) groups excluding carboxylic acids is 3. The third-order valence-electron chi connectivity index (χ3n) is 3.76. The van der Waals surface area contributed by atoms with E-state index in [1.54, 1.807) is 31.3 Å². The highest BCUT2D eigenvalue weighted by Gasteiger charge is 2.15. The van der Waals surface area contributed by atoms with Crippen molar-refractivity contribution in [2.75, 3.05) is 13.7 Å². The van der Waals surface area contributed by atoms with Crippen LogP contribution in [-0.4, -0.2) is 41.2 Å². The Kier molecular flexibility index (Phi) is 8.23. The van der Waals surface area contributed by atoms with Crippen LogP contribution in [0.25, 0.3) is 0 Å². The maximum absolute atomic E-state index is 12.1. The number of rotatable bonds is 8. The van der Waals surface area contributed by atoms with Gasteiger partial charge in [0, 0.05) is 26.2 Å². The number of hydrogen-bond acceptors (Lipinski definition) is 5. The molecular weight excluding hydrogens is 427 g/mol. The second-order valence-electron chi connectivity index (χ2n) is 5.94. The van der Waals surface area contributed by atoms with Crippen molar-refractivity contribution in [3.05, 3.63) is 62.9 Å². The minimum Gasteiger partial charge on any atom is -0.456 e. The van der Waals surface area contributed by atoms with Gasteiger partial charge in [-0.15, -0.1) is 0 Å². The summed E-state index contributed by atoms with van der Waals surface area (Å²) in [6.07, 6.45) is 1.14. The lowest BCUT2D eigenvalue weighted by Gasteiger charge is -2.17. The number of benzene rings is 1. The molecule has 9 heteroatoms. The molecule has 0 spiro atoms. The van der Waals surface area contributed by atoms with Gasteiger partial charge in [-0.25, -0.2) is 0 Å². The third kappa shape index (κ3) is 6.78. The Morgan fingerprint density at radius 3 is 2.43 bits per heavy atom. The number of esters is 1. The van der Waals surface area contributed by atoms with Gasteiger partial charge in [0.25, 0.3) is 5.91 Å². The second kappa shape index (κ2) is 10.4. The first-order valence-corrected chi connectivity index (χ1v) is 9.38. The molecule has 0 unspecified atom stereocenters. The molecule has 2 aromatic rings. The first-order chi connectivity index (χ1) is 13.3. The molecular formula is C19H17Cl3N2O4. The summed E-state index contributed by atoms with van der Waals surface area (Å²) in [5.41, 5.74) is 1.01. The highest BCUT2D eigenvalue weighted by Crippen LogP contribution is 2.23. The summed E-state index contributed by atoms with van der Waals surface area (Å²) in [6, 6.07) is 8.08. The monoisotopic (exact) mass is 442 g/mol. The summed E-state index contributed by atoms with van der Waals surface area (Å²) in [6.45, 7) is -0.127. The van der Waals surface area contributed by atoms with Crippen molar-refractivity contribution >= 4 is 52.5 Å². The van der Waals surface area contributed by atoms with Gasteiger partial charge in [0.2, 0.25) is 0 Å². The van der Waals surface area contributed by atoms with Gasteiger partial charge >= 0.3 is 5.97 Å². The zero-order chi connectivity index (χ0) is 20.7. The molecule has 0 atom stereocenters. The fourth-order valence-electron chi connectivity index (χ4n) is 2.21. The number of nitrogens with zero attached hydrogens (tertiary/aromatic N) is 2. The maximum atomic E-state index is 12.1. The smallest absolute Gasteiger partial charge is 0.306 e. The van der Waals surface area contributed by atoms with Crippen molar-refractivity contribution in [1.29, 1.82) is 0 Å². The van der Waals surface area contributed by atoms with Gasteiger partial charge in [-0.3, -0.25) is 19.4 Å². The van der Waals surface area contributed by atoms with E-state index in [-0.39, 0.29) is 36.8 Å². The van der Waals surface area contributed by atoms with E-state index < -0.39 is 12.6 Å². The summed E-state index contributed by atoms with van der Waals surface area (Å²) in [5.74, 6) is -1.33. The predicted octanol–water partition coefficient (Wildman–Crippen LogP) is 4.21. The average molecular weight is 444 g/mol. The van der Waals surface area contributed by atoms with Crippen molar-refractivity contribution in [2.24, 2.45) is 0 Å². The van der Waals surface area contributed by atoms with Crippen LogP contribution in [0.5, 0.6) is 0 Å². The topological polar surface area (TPSA) is 76.6 Å². The van der Waals surface area contributed by atoms with Crippen LogP contribution in [0, 0.1) is 0 Å². The number of ether oxygens (including phenoxy) is 1. The summed E-state index contributed by atoms with van der Waals surface area (Å²) < 4.78 is 4.94. The Labute approximate surface area is 177 Å². The van der Waals surface area contributed by atoms with Gasteiger partial charge in [0.15, 0.2) is 12.4 Å². The Balaban J connectivity index is 1.75. The molecule has 0 radical (unpaired) electrons. The second-order valence-corrected chi connectivity index (χ2v) is 7.19. The molecule has 6 nitrogen and oxygen atoms in total. The largest absolute Gasteiger partial charge is 0.456 e. The van der Waals surface area contributed by atoms with E-state index in [1.165, 1.54) is 17.2 Å². The lowest BCUT2D eigenvalue weighted by Crippen LogP contribution is -2.30. The van der Waals surface area contributed by atoms with Crippen molar-refractivity contribution in [3.63, 3.8) is 0 Å². The van der Waals surface area contributed by atoms with Crippen LogP contribution < -0.4 is 0 Å². The van der Waals surface area contributed by atoms with E-state index in [9.17, 15) is 14.4 Å². The van der Waals surface area contributed by atoms with Gasteiger partial charge in [0.05, 0.1) is 21.5 Å². The molecule has 0 aliphatic carbocycles. The summed E-state index contributed by atoms with van der Waals surface area (Å²) in [7, 11) is 1.58. The number of ketones is 1. The Morgan fingerprint density at radius 2 is 1.79 bits per heavy atom. The summed E-state index contributed by atoms with van der Waals surface area (Å²) >= 11 is 17.5. The molecule has 0 saturated carbocycles. The van der Waals surface area contributed by atoms with Crippen molar-refractivity contribution in [3.8, 4) is 0 Å². The van der Waals surface area contributed by atoms with Gasteiger partial charge in [-0.2, -0.15) is 0 Å². The van der Waals surface area contributed by atoms with E-state index in [4.69, 9.17) is 39.5 Å². The normalized spacial score (nSPS) is 10.4. The SMILES string of the molecule is CN(Cc1ccc(Cl)c(Cl)c1)C(=O)COC(=O)CCC(=O)c1ccc(Cl)cn1. The highest BCUT2D eigenvalue weighted by atomic mass is 35.5. The molecule has 0 bridgehead atoms. The Bertz CT molecular complexity index is 872. The number of likely N-dealkylation sites (N-methyl/N-ethyl adjacent to an activating group) is 1. The minimum atomic E-state index is -0.640. The maximum Gasteiger partial charge on any atom is 0.306 e. The molecule has 0 aliphatic heterocycles. The van der Waals surface area contributed by atoms with Crippen LogP contribution in [-0.2, 0) is 20.9 Å². The summed E-state index contributed by atoms with van der Waals surface area (Å²) in [5, 5.41) is 1.24. The molecule has 28 heavy (non-hydrogen) atoms. The van der Waals surface area contributed by atoms with Crippen molar-refractivity contribution < 1.29 is 19.1 Å². The van der Waals surface area contributed by atoms with Gasteiger partial charge in [0.1, 0.15) is 5.69 Å². The average Bonchev–Trinajstić information content (AvgIpc) is 2.67. The van der Waals surface area contributed by atoms with E-state index >= 15 is 0 Å². The number of Topliss-reactive ketones (excluding diaryl/α,β-unsaturated/α-hetero) is 1. The number of halogens is 3. The lowest BCUT2D eigenvalue weighted by atomic mass is 10.1. The van der Waals surface area contributed by atoms with Crippen LogP contribution in [0.3, 0.4) is 0 Å². The van der Waals surface area contributed by atoms with Crippen molar-refractivity contribution in [2.45, 2.75) is 19.4 Å². The third-order valence-corrected chi connectivity index (χ3v) is 4.72. The molecule has 0 fully saturated rings.